The molecule has 2 N–H and O–H groups in total. The molecule has 0 saturated heterocycles. The van der Waals surface area contributed by atoms with E-state index in [-0.39, 0.29) is 12.1 Å². The first-order chi connectivity index (χ1) is 10.8. The van der Waals surface area contributed by atoms with Crippen LogP contribution in [-0.4, -0.2) is 34.0 Å². The molecule has 0 spiro atoms. The number of hydrogen-bond acceptors (Lipinski definition) is 4. The summed E-state index contributed by atoms with van der Waals surface area (Å²) >= 11 is 0. The Morgan fingerprint density at radius 1 is 1.22 bits per heavy atom. The predicted molar refractivity (Wildman–Crippen MR) is 91.3 cm³/mol. The first-order valence-electron chi connectivity index (χ1n) is 8.25. The van der Waals surface area contributed by atoms with E-state index in [2.05, 4.69) is 5.32 Å². The molecule has 0 aromatic heterocycles. The maximum absolute atomic E-state index is 12.0. The van der Waals surface area contributed by atoms with Crippen molar-refractivity contribution in [2.24, 2.45) is 0 Å². The van der Waals surface area contributed by atoms with E-state index in [1.54, 1.807) is 0 Å². The Hall–Kier alpha value is -1.59. The Balaban J connectivity index is 2.69. The van der Waals surface area contributed by atoms with Gasteiger partial charge < -0.3 is 15.3 Å². The number of hydrogen-bond donors (Lipinski definition) is 2. The molecule has 0 bridgehead atoms. The molecule has 1 aromatic rings. The zero-order valence-electron chi connectivity index (χ0n) is 14.9. The number of benzene rings is 1. The Bertz CT molecular complexity index is 471. The SMILES string of the molecule is CC[C@H](NC(=O)OC(C)(C)C)[C@@H](CC)N(O)Cc1ccccc1. The zero-order valence-corrected chi connectivity index (χ0v) is 14.9. The maximum atomic E-state index is 12.0. The predicted octanol–water partition coefficient (Wildman–Crippen LogP) is 3.96. The summed E-state index contributed by atoms with van der Waals surface area (Å²) in [6.45, 7) is 9.90. The number of alkyl carbamates (subject to hydrolysis) is 1. The molecular weight excluding hydrogens is 292 g/mol. The van der Waals surface area contributed by atoms with E-state index in [1.165, 1.54) is 5.06 Å². The number of rotatable bonds is 7. The Morgan fingerprint density at radius 3 is 2.30 bits per heavy atom. The first-order valence-corrected chi connectivity index (χ1v) is 8.25. The van der Waals surface area contributed by atoms with Crippen LogP contribution in [0.1, 0.15) is 53.0 Å². The molecule has 0 fully saturated rings. The minimum atomic E-state index is -0.535. The van der Waals surface area contributed by atoms with Gasteiger partial charge in [0.15, 0.2) is 0 Å². The van der Waals surface area contributed by atoms with Gasteiger partial charge in [0, 0.05) is 12.6 Å². The molecule has 0 aliphatic rings. The number of amides is 1. The van der Waals surface area contributed by atoms with Gasteiger partial charge in [0.25, 0.3) is 0 Å². The molecule has 0 aliphatic carbocycles. The Kier molecular flexibility index (Phi) is 7.52. The summed E-state index contributed by atoms with van der Waals surface area (Å²) in [5.74, 6) is 0. The van der Waals surface area contributed by atoms with E-state index >= 15 is 0 Å². The average molecular weight is 322 g/mol. The number of carbonyl (C=O) groups excluding carboxylic acids is 1. The second-order valence-corrected chi connectivity index (χ2v) is 6.72. The summed E-state index contributed by atoms with van der Waals surface area (Å²) in [4.78, 5) is 12.0. The highest BCUT2D eigenvalue weighted by atomic mass is 16.6. The van der Waals surface area contributed by atoms with Gasteiger partial charge >= 0.3 is 6.09 Å². The second kappa shape index (κ2) is 8.89. The van der Waals surface area contributed by atoms with E-state index in [0.29, 0.717) is 13.0 Å². The number of hydroxylamine groups is 2. The lowest BCUT2D eigenvalue weighted by atomic mass is 10.0. The maximum Gasteiger partial charge on any atom is 0.407 e. The van der Waals surface area contributed by atoms with Crippen LogP contribution in [0.25, 0.3) is 0 Å². The van der Waals surface area contributed by atoms with Crippen molar-refractivity contribution in [3.8, 4) is 0 Å². The summed E-state index contributed by atoms with van der Waals surface area (Å²) in [5.41, 5.74) is 0.494. The summed E-state index contributed by atoms with van der Waals surface area (Å²) in [7, 11) is 0. The van der Waals surface area contributed by atoms with Gasteiger partial charge in [-0.15, -0.1) is 0 Å². The van der Waals surface area contributed by atoms with E-state index in [4.69, 9.17) is 4.74 Å². The minimum Gasteiger partial charge on any atom is -0.444 e. The lowest BCUT2D eigenvalue weighted by molar-refractivity contribution is -0.144. The smallest absolute Gasteiger partial charge is 0.407 e. The molecule has 0 heterocycles. The normalized spacial score (nSPS) is 14.4. The zero-order chi connectivity index (χ0) is 17.5. The Labute approximate surface area is 139 Å². The van der Waals surface area contributed by atoms with Crippen LogP contribution >= 0.6 is 0 Å². The lowest BCUT2D eigenvalue weighted by Crippen LogP contribution is -2.51. The van der Waals surface area contributed by atoms with Crippen molar-refractivity contribution < 1.29 is 14.7 Å². The fourth-order valence-corrected chi connectivity index (χ4v) is 2.52. The minimum absolute atomic E-state index is 0.173. The molecule has 0 radical (unpaired) electrons. The van der Waals surface area contributed by atoms with Gasteiger partial charge in [-0.05, 0) is 39.2 Å². The highest BCUT2D eigenvalue weighted by molar-refractivity contribution is 5.68. The molecule has 2 atom stereocenters. The monoisotopic (exact) mass is 322 g/mol. The third kappa shape index (κ3) is 7.01. The van der Waals surface area contributed by atoms with Gasteiger partial charge in [-0.3, -0.25) is 0 Å². The standard InChI is InChI=1S/C18H30N2O3/c1-6-15(19-17(21)23-18(3,4)5)16(7-2)20(22)13-14-11-9-8-10-12-14/h8-12,15-16,22H,6-7,13H2,1-5H3,(H,19,21)/t15-,16+/m0/s1. The van der Waals surface area contributed by atoms with Gasteiger partial charge in [-0.1, -0.05) is 44.2 Å². The summed E-state index contributed by atoms with van der Waals surface area (Å²) in [5, 5.41) is 14.6. The summed E-state index contributed by atoms with van der Waals surface area (Å²) < 4.78 is 5.31. The summed E-state index contributed by atoms with van der Waals surface area (Å²) in [6.07, 6.45) is 0.984. The molecule has 0 aliphatic heterocycles. The van der Waals surface area contributed by atoms with E-state index in [9.17, 15) is 10.0 Å². The molecule has 5 nitrogen and oxygen atoms in total. The molecular formula is C18H30N2O3. The van der Waals surface area contributed by atoms with Crippen molar-refractivity contribution in [2.75, 3.05) is 0 Å². The molecule has 1 rings (SSSR count). The van der Waals surface area contributed by atoms with Crippen LogP contribution in [0.15, 0.2) is 30.3 Å². The molecule has 5 heteroatoms. The van der Waals surface area contributed by atoms with Crippen LogP contribution in [0, 0.1) is 0 Å². The molecule has 130 valence electrons. The second-order valence-electron chi connectivity index (χ2n) is 6.72. The van der Waals surface area contributed by atoms with Gasteiger partial charge in [-0.25, -0.2) is 4.79 Å². The fourth-order valence-electron chi connectivity index (χ4n) is 2.52. The van der Waals surface area contributed by atoms with Crippen molar-refractivity contribution in [1.82, 2.24) is 10.4 Å². The summed E-state index contributed by atoms with van der Waals surface area (Å²) in [6, 6.07) is 9.43. The third-order valence-corrected chi connectivity index (χ3v) is 3.59. The molecule has 1 aromatic carbocycles. The topological polar surface area (TPSA) is 61.8 Å². The fraction of sp³-hybridized carbons (Fsp3) is 0.611. The molecule has 0 saturated carbocycles. The Morgan fingerprint density at radius 2 is 1.83 bits per heavy atom. The number of nitrogens with one attached hydrogen (secondary N) is 1. The van der Waals surface area contributed by atoms with Crippen molar-refractivity contribution in [3.63, 3.8) is 0 Å². The number of nitrogens with zero attached hydrogens (tertiary/aromatic N) is 1. The van der Waals surface area contributed by atoms with Crippen LogP contribution in [0.3, 0.4) is 0 Å². The van der Waals surface area contributed by atoms with Gasteiger partial charge in [-0.2, -0.15) is 5.06 Å². The average Bonchev–Trinajstić information content (AvgIpc) is 2.46. The van der Waals surface area contributed by atoms with Gasteiger partial charge in [0.05, 0.1) is 6.04 Å². The van der Waals surface area contributed by atoms with Crippen LogP contribution < -0.4 is 5.32 Å². The van der Waals surface area contributed by atoms with E-state index in [0.717, 1.165) is 12.0 Å². The highest BCUT2D eigenvalue weighted by Gasteiger charge is 2.27. The third-order valence-electron chi connectivity index (χ3n) is 3.59. The number of ether oxygens (including phenoxy) is 1. The van der Waals surface area contributed by atoms with Crippen LogP contribution in [0.2, 0.25) is 0 Å². The quantitative estimate of drug-likeness (QED) is 0.746. The van der Waals surface area contributed by atoms with Crippen molar-refractivity contribution in [1.29, 1.82) is 0 Å². The molecule has 23 heavy (non-hydrogen) atoms. The first kappa shape index (κ1) is 19.5. The van der Waals surface area contributed by atoms with Gasteiger partial charge in [0.1, 0.15) is 5.60 Å². The van der Waals surface area contributed by atoms with Crippen molar-refractivity contribution >= 4 is 6.09 Å². The van der Waals surface area contributed by atoms with Crippen molar-refractivity contribution in [3.05, 3.63) is 35.9 Å². The van der Waals surface area contributed by atoms with E-state index < -0.39 is 11.7 Å². The van der Waals surface area contributed by atoms with Crippen molar-refractivity contribution in [2.45, 2.75) is 71.7 Å². The van der Waals surface area contributed by atoms with E-state index in [1.807, 2.05) is 65.0 Å². The number of carbonyl (C=O) groups is 1. The van der Waals surface area contributed by atoms with Crippen LogP contribution in [0.4, 0.5) is 4.79 Å². The highest BCUT2D eigenvalue weighted by Crippen LogP contribution is 2.15. The molecule has 0 unspecified atom stereocenters. The van der Waals surface area contributed by atoms with Crippen LogP contribution in [-0.2, 0) is 11.3 Å². The lowest BCUT2D eigenvalue weighted by Gasteiger charge is -2.33. The van der Waals surface area contributed by atoms with Gasteiger partial charge in [0.2, 0.25) is 0 Å². The molecule has 1 amide bonds. The van der Waals surface area contributed by atoms with Crippen LogP contribution in [0.5, 0.6) is 0 Å². The largest absolute Gasteiger partial charge is 0.444 e.